The molecule has 0 radical (unpaired) electrons. The first kappa shape index (κ1) is 12.0. The van der Waals surface area contributed by atoms with Gasteiger partial charge in [0.2, 0.25) is 0 Å². The van der Waals surface area contributed by atoms with Crippen molar-refractivity contribution in [2.45, 2.75) is 58.8 Å². The van der Waals surface area contributed by atoms with Gasteiger partial charge in [0.15, 0.2) is 0 Å². The SMILES string of the molecule is CC(C)(CCCN)C1C2CC3CC(C2)CC1C3. The van der Waals surface area contributed by atoms with E-state index in [1.165, 1.54) is 12.8 Å². The van der Waals surface area contributed by atoms with Crippen molar-refractivity contribution in [2.75, 3.05) is 6.54 Å². The van der Waals surface area contributed by atoms with Gasteiger partial charge in [0.25, 0.3) is 0 Å². The Morgan fingerprint density at radius 1 is 0.941 bits per heavy atom. The molecule has 98 valence electrons. The molecule has 0 aromatic heterocycles. The first-order valence-electron chi connectivity index (χ1n) is 7.80. The van der Waals surface area contributed by atoms with Crippen LogP contribution in [0.1, 0.15) is 58.8 Å². The summed E-state index contributed by atoms with van der Waals surface area (Å²) in [5.41, 5.74) is 6.25. The molecule has 4 bridgehead atoms. The van der Waals surface area contributed by atoms with E-state index < -0.39 is 0 Å². The van der Waals surface area contributed by atoms with Crippen LogP contribution in [-0.4, -0.2) is 6.54 Å². The Labute approximate surface area is 107 Å². The molecule has 0 aromatic carbocycles. The van der Waals surface area contributed by atoms with Crippen LogP contribution in [0.25, 0.3) is 0 Å². The van der Waals surface area contributed by atoms with E-state index in [0.717, 1.165) is 36.1 Å². The number of rotatable bonds is 4. The average Bonchev–Trinajstić information content (AvgIpc) is 2.24. The first-order valence-corrected chi connectivity index (χ1v) is 7.80. The smallest absolute Gasteiger partial charge is 0.00771 e. The Morgan fingerprint density at radius 2 is 1.47 bits per heavy atom. The van der Waals surface area contributed by atoms with E-state index in [4.69, 9.17) is 5.73 Å². The van der Waals surface area contributed by atoms with Crippen molar-refractivity contribution < 1.29 is 0 Å². The van der Waals surface area contributed by atoms with E-state index in [-0.39, 0.29) is 0 Å². The van der Waals surface area contributed by atoms with Gasteiger partial charge in [-0.15, -0.1) is 0 Å². The Balaban J connectivity index is 1.74. The average molecular weight is 235 g/mol. The van der Waals surface area contributed by atoms with Crippen molar-refractivity contribution in [1.29, 1.82) is 0 Å². The molecule has 0 unspecified atom stereocenters. The second kappa shape index (κ2) is 4.26. The van der Waals surface area contributed by atoms with Crippen LogP contribution in [0, 0.1) is 35.0 Å². The van der Waals surface area contributed by atoms with E-state index in [0.29, 0.717) is 5.41 Å². The van der Waals surface area contributed by atoms with E-state index >= 15 is 0 Å². The van der Waals surface area contributed by atoms with E-state index in [2.05, 4.69) is 13.8 Å². The van der Waals surface area contributed by atoms with Crippen molar-refractivity contribution in [2.24, 2.45) is 40.7 Å². The van der Waals surface area contributed by atoms with E-state index in [1.54, 1.807) is 32.1 Å². The molecule has 0 aromatic rings. The zero-order valence-corrected chi connectivity index (χ0v) is 11.6. The fourth-order valence-electron chi connectivity index (χ4n) is 5.93. The van der Waals surface area contributed by atoms with Crippen molar-refractivity contribution >= 4 is 0 Å². The lowest BCUT2D eigenvalue weighted by molar-refractivity contribution is -0.0889. The normalized spacial score (nSPS) is 44.3. The van der Waals surface area contributed by atoms with Crippen molar-refractivity contribution in [3.63, 3.8) is 0 Å². The molecule has 4 saturated carbocycles. The summed E-state index contributed by atoms with van der Waals surface area (Å²) in [4.78, 5) is 0. The maximum absolute atomic E-state index is 5.71. The van der Waals surface area contributed by atoms with Crippen LogP contribution in [-0.2, 0) is 0 Å². The topological polar surface area (TPSA) is 26.0 Å². The van der Waals surface area contributed by atoms with Crippen LogP contribution in [0.15, 0.2) is 0 Å². The van der Waals surface area contributed by atoms with Gasteiger partial charge < -0.3 is 5.73 Å². The van der Waals surface area contributed by atoms with Gasteiger partial charge in [0.05, 0.1) is 0 Å². The van der Waals surface area contributed by atoms with Gasteiger partial charge in [0.1, 0.15) is 0 Å². The standard InChI is InChI=1S/C16H29N/c1-16(2,4-3-5-17)15-13-7-11-6-12(9-13)10-14(15)8-11/h11-15H,3-10,17H2,1-2H3. The highest BCUT2D eigenvalue weighted by molar-refractivity contribution is 5.02. The van der Waals surface area contributed by atoms with Gasteiger partial charge in [-0.1, -0.05) is 13.8 Å². The molecular formula is C16H29N. The van der Waals surface area contributed by atoms with Crippen LogP contribution >= 0.6 is 0 Å². The van der Waals surface area contributed by atoms with E-state index in [9.17, 15) is 0 Å². The number of hydrogen-bond donors (Lipinski definition) is 1. The molecule has 4 fully saturated rings. The summed E-state index contributed by atoms with van der Waals surface area (Å²) in [6.07, 6.45) is 10.4. The highest BCUT2D eigenvalue weighted by atomic mass is 14.6. The minimum atomic E-state index is 0.544. The van der Waals surface area contributed by atoms with Crippen molar-refractivity contribution in [3.05, 3.63) is 0 Å². The maximum Gasteiger partial charge on any atom is -0.00771 e. The van der Waals surface area contributed by atoms with Crippen molar-refractivity contribution in [3.8, 4) is 0 Å². The summed E-state index contributed by atoms with van der Waals surface area (Å²) in [5, 5.41) is 0. The van der Waals surface area contributed by atoms with Crippen LogP contribution < -0.4 is 5.73 Å². The lowest BCUT2D eigenvalue weighted by Crippen LogP contribution is -2.50. The molecule has 1 nitrogen and oxygen atoms in total. The first-order chi connectivity index (χ1) is 8.10. The predicted octanol–water partition coefficient (Wildman–Crippen LogP) is 3.82. The Kier molecular flexibility index (Phi) is 3.01. The lowest BCUT2D eigenvalue weighted by Gasteiger charge is -2.59. The van der Waals surface area contributed by atoms with Gasteiger partial charge >= 0.3 is 0 Å². The summed E-state index contributed by atoms with van der Waals surface area (Å²) in [7, 11) is 0. The third kappa shape index (κ3) is 2.05. The molecule has 0 saturated heterocycles. The Hall–Kier alpha value is -0.0400. The Bertz CT molecular complexity index is 253. The van der Waals surface area contributed by atoms with Crippen LogP contribution in [0.4, 0.5) is 0 Å². The molecule has 0 heterocycles. The molecule has 0 amide bonds. The van der Waals surface area contributed by atoms with Crippen LogP contribution in [0.3, 0.4) is 0 Å². The minimum absolute atomic E-state index is 0.544. The predicted molar refractivity (Wildman–Crippen MR) is 72.6 cm³/mol. The van der Waals surface area contributed by atoms with Gasteiger partial charge in [-0.2, -0.15) is 0 Å². The molecule has 0 atom stereocenters. The number of nitrogens with two attached hydrogens (primary N) is 1. The highest BCUT2D eigenvalue weighted by Crippen LogP contribution is 2.61. The fourth-order valence-corrected chi connectivity index (χ4v) is 5.93. The molecule has 2 N–H and O–H groups in total. The lowest BCUT2D eigenvalue weighted by atomic mass is 9.47. The third-order valence-corrected chi connectivity index (χ3v) is 6.15. The zero-order chi connectivity index (χ0) is 12.0. The second-order valence-electron chi connectivity index (χ2n) is 7.84. The fraction of sp³-hybridized carbons (Fsp3) is 1.00. The summed E-state index contributed by atoms with van der Waals surface area (Å²) in [5.74, 6) is 5.37. The molecule has 0 aliphatic heterocycles. The maximum atomic E-state index is 5.71. The second-order valence-corrected chi connectivity index (χ2v) is 7.84. The monoisotopic (exact) mass is 235 g/mol. The van der Waals surface area contributed by atoms with Gasteiger partial charge in [0, 0.05) is 0 Å². The van der Waals surface area contributed by atoms with Gasteiger partial charge in [-0.05, 0) is 86.5 Å². The molecule has 4 aliphatic rings. The highest BCUT2D eigenvalue weighted by Gasteiger charge is 2.52. The number of hydrogen-bond acceptors (Lipinski definition) is 1. The molecule has 0 spiro atoms. The largest absolute Gasteiger partial charge is 0.330 e. The molecule has 17 heavy (non-hydrogen) atoms. The quantitative estimate of drug-likeness (QED) is 0.787. The third-order valence-electron chi connectivity index (χ3n) is 6.15. The molecule has 4 rings (SSSR count). The van der Waals surface area contributed by atoms with Crippen LogP contribution in [0.5, 0.6) is 0 Å². The molecule has 1 heteroatoms. The minimum Gasteiger partial charge on any atom is -0.330 e. The van der Waals surface area contributed by atoms with Crippen LogP contribution in [0.2, 0.25) is 0 Å². The van der Waals surface area contributed by atoms with Crippen molar-refractivity contribution in [1.82, 2.24) is 0 Å². The molecular weight excluding hydrogens is 206 g/mol. The van der Waals surface area contributed by atoms with Gasteiger partial charge in [-0.3, -0.25) is 0 Å². The summed E-state index contributed by atoms with van der Waals surface area (Å²) in [6.45, 7) is 5.92. The Morgan fingerprint density at radius 3 is 1.94 bits per heavy atom. The zero-order valence-electron chi connectivity index (χ0n) is 11.6. The van der Waals surface area contributed by atoms with E-state index in [1.807, 2.05) is 0 Å². The summed E-state index contributed by atoms with van der Waals surface area (Å²) >= 11 is 0. The molecule has 4 aliphatic carbocycles. The summed E-state index contributed by atoms with van der Waals surface area (Å²) < 4.78 is 0. The van der Waals surface area contributed by atoms with Gasteiger partial charge in [-0.25, -0.2) is 0 Å². The summed E-state index contributed by atoms with van der Waals surface area (Å²) in [6, 6.07) is 0.